The molecule has 2 heterocycles. The molecule has 0 spiro atoms. The number of piperidine rings is 1. The first-order valence-corrected chi connectivity index (χ1v) is 9.76. The van der Waals surface area contributed by atoms with E-state index in [0.29, 0.717) is 10.8 Å². The Morgan fingerprint density at radius 2 is 2.05 bits per heavy atom. The quantitative estimate of drug-likeness (QED) is 0.809. The minimum absolute atomic E-state index is 0.132. The van der Waals surface area contributed by atoms with Gasteiger partial charge in [0.2, 0.25) is 5.91 Å². The van der Waals surface area contributed by atoms with Gasteiger partial charge in [0.05, 0.1) is 6.04 Å². The van der Waals surface area contributed by atoms with Crippen LogP contribution in [0, 0.1) is 0 Å². The summed E-state index contributed by atoms with van der Waals surface area (Å²) in [6.45, 7) is 4.18. The highest BCUT2D eigenvalue weighted by Gasteiger charge is 2.39. The maximum atomic E-state index is 12.6. The molecular formula is C16H29N3OS. The summed E-state index contributed by atoms with van der Waals surface area (Å²) in [6.07, 6.45) is 10.6. The first-order chi connectivity index (χ1) is 10.2. The first kappa shape index (κ1) is 15.6. The minimum atomic E-state index is 0.132. The second-order valence-electron chi connectivity index (χ2n) is 6.84. The van der Waals surface area contributed by atoms with Crippen molar-refractivity contribution in [2.45, 2.75) is 61.8 Å². The Morgan fingerprint density at radius 1 is 1.29 bits per heavy atom. The van der Waals surface area contributed by atoms with Crippen molar-refractivity contribution < 1.29 is 4.79 Å². The zero-order valence-electron chi connectivity index (χ0n) is 13.2. The molecule has 2 saturated heterocycles. The summed E-state index contributed by atoms with van der Waals surface area (Å²) in [4.78, 5) is 15.1. The summed E-state index contributed by atoms with van der Waals surface area (Å²) in [5.41, 5.74) is 0. The van der Waals surface area contributed by atoms with Crippen molar-refractivity contribution in [2.24, 2.45) is 0 Å². The zero-order chi connectivity index (χ0) is 14.7. The highest BCUT2D eigenvalue weighted by atomic mass is 32.2. The first-order valence-electron chi connectivity index (χ1n) is 8.53. The molecule has 2 N–H and O–H groups in total. The summed E-state index contributed by atoms with van der Waals surface area (Å²) in [5.74, 6) is 0.284. The lowest BCUT2D eigenvalue weighted by Crippen LogP contribution is -2.53. The van der Waals surface area contributed by atoms with Crippen molar-refractivity contribution in [3.63, 3.8) is 0 Å². The molecule has 120 valence electrons. The molecule has 0 aromatic carbocycles. The maximum Gasteiger partial charge on any atom is 0.237 e. The molecule has 0 aromatic heterocycles. The van der Waals surface area contributed by atoms with E-state index in [0.717, 1.165) is 32.6 Å². The second-order valence-corrected chi connectivity index (χ2v) is 8.11. The molecule has 5 heteroatoms. The molecule has 3 fully saturated rings. The van der Waals surface area contributed by atoms with Crippen molar-refractivity contribution in [2.75, 3.05) is 32.4 Å². The van der Waals surface area contributed by atoms with E-state index in [-0.39, 0.29) is 11.9 Å². The van der Waals surface area contributed by atoms with Gasteiger partial charge in [-0.05, 0) is 64.4 Å². The van der Waals surface area contributed by atoms with Crippen LogP contribution in [0.1, 0.15) is 44.9 Å². The molecule has 1 atom stereocenters. The van der Waals surface area contributed by atoms with E-state index in [1.165, 1.54) is 38.5 Å². The number of carbonyl (C=O) groups excluding carboxylic acids is 1. The number of likely N-dealkylation sites (tertiary alicyclic amines) is 1. The topological polar surface area (TPSA) is 44.4 Å². The molecule has 1 unspecified atom stereocenters. The second kappa shape index (κ2) is 6.88. The molecule has 3 rings (SSSR count). The van der Waals surface area contributed by atoms with Crippen LogP contribution in [0.4, 0.5) is 0 Å². The average Bonchev–Trinajstić information content (AvgIpc) is 2.97. The Morgan fingerprint density at radius 3 is 2.67 bits per heavy atom. The SMILES string of the molecule is CSC1(CNC(=O)C2CCCN2C2CCNCC2)CCC1. The van der Waals surface area contributed by atoms with E-state index in [1.807, 2.05) is 11.8 Å². The van der Waals surface area contributed by atoms with Gasteiger partial charge in [-0.3, -0.25) is 9.69 Å². The molecule has 1 aliphatic carbocycles. The fraction of sp³-hybridized carbons (Fsp3) is 0.938. The van der Waals surface area contributed by atoms with Crippen molar-refractivity contribution in [1.29, 1.82) is 0 Å². The molecule has 4 nitrogen and oxygen atoms in total. The van der Waals surface area contributed by atoms with Gasteiger partial charge in [0.25, 0.3) is 0 Å². The van der Waals surface area contributed by atoms with Crippen LogP contribution in [0.5, 0.6) is 0 Å². The van der Waals surface area contributed by atoms with Gasteiger partial charge in [0.15, 0.2) is 0 Å². The van der Waals surface area contributed by atoms with Crippen LogP contribution >= 0.6 is 11.8 Å². The van der Waals surface area contributed by atoms with Gasteiger partial charge in [0.1, 0.15) is 0 Å². The third kappa shape index (κ3) is 3.40. The van der Waals surface area contributed by atoms with Crippen LogP contribution in [0.3, 0.4) is 0 Å². The Labute approximate surface area is 132 Å². The van der Waals surface area contributed by atoms with Crippen molar-refractivity contribution in [3.05, 3.63) is 0 Å². The average molecular weight is 311 g/mol. The molecular weight excluding hydrogens is 282 g/mol. The van der Waals surface area contributed by atoms with Gasteiger partial charge < -0.3 is 10.6 Å². The summed E-state index contributed by atoms with van der Waals surface area (Å²) in [7, 11) is 0. The summed E-state index contributed by atoms with van der Waals surface area (Å²) < 4.78 is 0.341. The van der Waals surface area contributed by atoms with Gasteiger partial charge in [-0.25, -0.2) is 0 Å². The van der Waals surface area contributed by atoms with Crippen LogP contribution in [-0.4, -0.2) is 60.1 Å². The van der Waals surface area contributed by atoms with E-state index < -0.39 is 0 Å². The summed E-state index contributed by atoms with van der Waals surface area (Å²) >= 11 is 1.94. The minimum Gasteiger partial charge on any atom is -0.353 e. The predicted molar refractivity (Wildman–Crippen MR) is 88.7 cm³/mol. The monoisotopic (exact) mass is 311 g/mol. The number of carbonyl (C=O) groups is 1. The van der Waals surface area contributed by atoms with Crippen LogP contribution in [0.2, 0.25) is 0 Å². The number of hydrogen-bond acceptors (Lipinski definition) is 4. The van der Waals surface area contributed by atoms with E-state index in [4.69, 9.17) is 0 Å². The Balaban J connectivity index is 1.53. The highest BCUT2D eigenvalue weighted by Crippen LogP contribution is 2.42. The lowest BCUT2D eigenvalue weighted by atomic mass is 9.84. The fourth-order valence-electron chi connectivity index (χ4n) is 4.04. The predicted octanol–water partition coefficient (Wildman–Crippen LogP) is 1.60. The number of rotatable bonds is 5. The lowest BCUT2D eigenvalue weighted by Gasteiger charge is -2.41. The molecule has 0 bridgehead atoms. The third-order valence-electron chi connectivity index (χ3n) is 5.66. The highest BCUT2D eigenvalue weighted by molar-refractivity contribution is 8.00. The molecule has 1 saturated carbocycles. The Hall–Kier alpha value is -0.260. The van der Waals surface area contributed by atoms with Crippen LogP contribution < -0.4 is 10.6 Å². The standard InChI is InChI=1S/C16H29N3OS/c1-21-16(7-3-8-16)12-18-15(20)14-4-2-11-19(14)13-5-9-17-10-6-13/h13-14,17H,2-12H2,1H3,(H,18,20). The lowest BCUT2D eigenvalue weighted by molar-refractivity contribution is -0.126. The van der Waals surface area contributed by atoms with Gasteiger partial charge >= 0.3 is 0 Å². The Bertz CT molecular complexity index is 361. The molecule has 0 radical (unpaired) electrons. The van der Waals surface area contributed by atoms with Crippen molar-refractivity contribution in [1.82, 2.24) is 15.5 Å². The normalized spacial score (nSPS) is 30.0. The van der Waals surface area contributed by atoms with E-state index in [9.17, 15) is 4.79 Å². The molecule has 21 heavy (non-hydrogen) atoms. The van der Waals surface area contributed by atoms with Crippen molar-refractivity contribution >= 4 is 17.7 Å². The molecule has 3 aliphatic rings. The third-order valence-corrected chi connectivity index (χ3v) is 7.08. The zero-order valence-corrected chi connectivity index (χ0v) is 14.0. The number of thioether (sulfide) groups is 1. The Kier molecular flexibility index (Phi) is 5.12. The van der Waals surface area contributed by atoms with E-state index >= 15 is 0 Å². The number of nitrogens with one attached hydrogen (secondary N) is 2. The maximum absolute atomic E-state index is 12.6. The van der Waals surface area contributed by atoms with Gasteiger partial charge in [0, 0.05) is 17.3 Å². The summed E-state index contributed by atoms with van der Waals surface area (Å²) in [6, 6.07) is 0.745. The smallest absolute Gasteiger partial charge is 0.237 e. The van der Waals surface area contributed by atoms with Crippen LogP contribution in [-0.2, 0) is 4.79 Å². The molecule has 0 aromatic rings. The van der Waals surface area contributed by atoms with Gasteiger partial charge in [-0.2, -0.15) is 11.8 Å². The largest absolute Gasteiger partial charge is 0.353 e. The van der Waals surface area contributed by atoms with E-state index in [2.05, 4.69) is 21.8 Å². The summed E-state index contributed by atoms with van der Waals surface area (Å²) in [5, 5.41) is 6.69. The van der Waals surface area contributed by atoms with Crippen LogP contribution in [0.25, 0.3) is 0 Å². The van der Waals surface area contributed by atoms with Crippen molar-refractivity contribution in [3.8, 4) is 0 Å². The van der Waals surface area contributed by atoms with Gasteiger partial charge in [-0.1, -0.05) is 6.42 Å². The molecule has 1 amide bonds. The number of amides is 1. The van der Waals surface area contributed by atoms with Gasteiger partial charge in [-0.15, -0.1) is 0 Å². The number of nitrogens with zero attached hydrogens (tertiary/aromatic N) is 1. The van der Waals surface area contributed by atoms with Crippen LogP contribution in [0.15, 0.2) is 0 Å². The van der Waals surface area contributed by atoms with E-state index in [1.54, 1.807) is 0 Å². The molecule has 2 aliphatic heterocycles. The fourth-order valence-corrected chi connectivity index (χ4v) is 4.95. The number of hydrogen-bond donors (Lipinski definition) is 2.